The molecule has 8 heteroatoms. The zero-order valence-corrected chi connectivity index (χ0v) is 17.3. The Bertz CT molecular complexity index is 685. The van der Waals surface area contributed by atoms with Crippen molar-refractivity contribution in [3.63, 3.8) is 0 Å². The Morgan fingerprint density at radius 1 is 1.28 bits per heavy atom. The number of hydrogen-bond donors (Lipinski definition) is 0. The molecule has 0 aliphatic rings. The van der Waals surface area contributed by atoms with E-state index in [1.165, 1.54) is 11.8 Å². The highest BCUT2D eigenvalue weighted by Gasteiger charge is 2.39. The zero-order chi connectivity index (χ0) is 18.5. The standard InChI is InChI=1S/C17H26N4O2SSi/c1-17(2,3)25(4,5)23-15(13-22)11-12-24-16-18-19-20-21(16)14-9-7-6-8-10-14/h6-10,13,15H,11-12H2,1-5H3/t15-/m0/s1. The first kappa shape index (κ1) is 19.8. The van der Waals surface area contributed by atoms with Crippen molar-refractivity contribution in [2.24, 2.45) is 0 Å². The van der Waals surface area contributed by atoms with Gasteiger partial charge in [-0.3, -0.25) is 0 Å². The summed E-state index contributed by atoms with van der Waals surface area (Å²) in [5.41, 5.74) is 0.916. The molecule has 0 saturated carbocycles. The second kappa shape index (κ2) is 8.24. The average Bonchev–Trinajstić information content (AvgIpc) is 3.02. The molecule has 0 fully saturated rings. The van der Waals surface area contributed by atoms with Crippen LogP contribution in [0.1, 0.15) is 27.2 Å². The highest BCUT2D eigenvalue weighted by molar-refractivity contribution is 7.99. The molecule has 0 N–H and O–H groups in total. The molecule has 0 aliphatic heterocycles. The first-order valence-corrected chi connectivity index (χ1v) is 12.2. The Balaban J connectivity index is 1.94. The molecule has 0 radical (unpaired) electrons. The summed E-state index contributed by atoms with van der Waals surface area (Å²) in [4.78, 5) is 11.4. The van der Waals surface area contributed by atoms with Gasteiger partial charge in [-0.05, 0) is 47.1 Å². The Kier molecular flexibility index (Phi) is 6.53. The first-order chi connectivity index (χ1) is 11.7. The molecule has 2 rings (SSSR count). The molecular weight excluding hydrogens is 352 g/mol. The van der Waals surface area contributed by atoms with Gasteiger partial charge in [-0.2, -0.15) is 4.68 Å². The van der Waals surface area contributed by atoms with Crippen LogP contribution in [0.4, 0.5) is 0 Å². The van der Waals surface area contributed by atoms with Gasteiger partial charge in [-0.15, -0.1) is 5.10 Å². The second-order valence-corrected chi connectivity index (χ2v) is 13.2. The molecule has 6 nitrogen and oxygen atoms in total. The lowest BCUT2D eigenvalue weighted by Crippen LogP contribution is -2.44. The first-order valence-electron chi connectivity index (χ1n) is 8.34. The van der Waals surface area contributed by atoms with Crippen LogP contribution in [0.2, 0.25) is 18.1 Å². The largest absolute Gasteiger partial charge is 0.407 e. The van der Waals surface area contributed by atoms with Crippen molar-refractivity contribution in [1.29, 1.82) is 0 Å². The number of para-hydroxylation sites is 1. The van der Waals surface area contributed by atoms with Crippen LogP contribution in [0.5, 0.6) is 0 Å². The van der Waals surface area contributed by atoms with Gasteiger partial charge in [0.15, 0.2) is 8.32 Å². The fourth-order valence-electron chi connectivity index (χ4n) is 1.98. The third-order valence-electron chi connectivity index (χ3n) is 4.48. The summed E-state index contributed by atoms with van der Waals surface area (Å²) in [5, 5.41) is 12.7. The molecule has 0 amide bonds. The van der Waals surface area contributed by atoms with Crippen LogP contribution in [0, 0.1) is 0 Å². The molecule has 1 atom stereocenters. The van der Waals surface area contributed by atoms with Gasteiger partial charge >= 0.3 is 0 Å². The molecule has 1 aromatic heterocycles. The van der Waals surface area contributed by atoms with Gasteiger partial charge in [0.1, 0.15) is 12.4 Å². The second-order valence-electron chi connectivity index (χ2n) is 7.40. The smallest absolute Gasteiger partial charge is 0.214 e. The summed E-state index contributed by atoms with van der Waals surface area (Å²) in [7, 11) is -1.95. The van der Waals surface area contributed by atoms with E-state index in [2.05, 4.69) is 49.4 Å². The lowest BCUT2D eigenvalue weighted by Gasteiger charge is -2.38. The van der Waals surface area contributed by atoms with Gasteiger partial charge in [0.2, 0.25) is 5.16 Å². The predicted octanol–water partition coefficient (Wildman–Crippen LogP) is 3.73. The number of carbonyl (C=O) groups excluding carboxylic acids is 1. The number of aromatic nitrogens is 4. The number of hydrogen-bond acceptors (Lipinski definition) is 6. The van der Waals surface area contributed by atoms with Gasteiger partial charge in [-0.25, -0.2) is 0 Å². The van der Waals surface area contributed by atoms with Crippen LogP contribution in [0.25, 0.3) is 5.69 Å². The number of thioether (sulfide) groups is 1. The highest BCUT2D eigenvalue weighted by atomic mass is 32.2. The van der Waals surface area contributed by atoms with E-state index in [0.717, 1.165) is 12.0 Å². The van der Waals surface area contributed by atoms with Gasteiger partial charge < -0.3 is 9.22 Å². The Morgan fingerprint density at radius 2 is 1.96 bits per heavy atom. The van der Waals surface area contributed by atoms with Crippen molar-refractivity contribution >= 4 is 26.4 Å². The maximum Gasteiger partial charge on any atom is 0.214 e. The molecule has 136 valence electrons. The van der Waals surface area contributed by atoms with E-state index >= 15 is 0 Å². The fraction of sp³-hybridized carbons (Fsp3) is 0.529. The SMILES string of the molecule is CC(C)(C)[Si](C)(C)O[C@H](C=O)CCSc1nnnn1-c1ccccc1. The molecule has 1 aromatic carbocycles. The number of carbonyl (C=O) groups is 1. The minimum atomic E-state index is -1.95. The quantitative estimate of drug-likeness (QED) is 0.396. The summed E-state index contributed by atoms with van der Waals surface area (Å²) in [6, 6.07) is 9.75. The van der Waals surface area contributed by atoms with Crippen LogP contribution >= 0.6 is 11.8 Å². The van der Waals surface area contributed by atoms with Crippen molar-refractivity contribution in [2.75, 3.05) is 5.75 Å². The van der Waals surface area contributed by atoms with Crippen molar-refractivity contribution in [2.45, 2.75) is 56.6 Å². The maximum absolute atomic E-state index is 11.4. The lowest BCUT2D eigenvalue weighted by atomic mass is 10.2. The van der Waals surface area contributed by atoms with Gasteiger partial charge in [0.25, 0.3) is 0 Å². The lowest BCUT2D eigenvalue weighted by molar-refractivity contribution is -0.114. The Hall–Kier alpha value is -1.51. The Labute approximate surface area is 154 Å². The molecule has 1 heterocycles. The van der Waals surface area contributed by atoms with Crippen LogP contribution in [0.15, 0.2) is 35.5 Å². The number of tetrazole rings is 1. The van der Waals surface area contributed by atoms with E-state index in [-0.39, 0.29) is 11.1 Å². The normalized spacial score (nSPS) is 13.6. The van der Waals surface area contributed by atoms with Gasteiger partial charge in [0, 0.05) is 5.75 Å². The van der Waals surface area contributed by atoms with Crippen LogP contribution in [0.3, 0.4) is 0 Å². The minimum Gasteiger partial charge on any atom is -0.407 e. The molecular formula is C17H26N4O2SSi. The number of benzene rings is 1. The highest BCUT2D eigenvalue weighted by Crippen LogP contribution is 2.37. The maximum atomic E-state index is 11.4. The molecule has 0 aliphatic carbocycles. The van der Waals surface area contributed by atoms with Crippen molar-refractivity contribution in [1.82, 2.24) is 20.2 Å². The van der Waals surface area contributed by atoms with E-state index < -0.39 is 8.32 Å². The topological polar surface area (TPSA) is 69.9 Å². The van der Waals surface area contributed by atoms with E-state index in [0.29, 0.717) is 17.3 Å². The third kappa shape index (κ3) is 5.23. The minimum absolute atomic E-state index is 0.0821. The third-order valence-corrected chi connectivity index (χ3v) is 9.94. The van der Waals surface area contributed by atoms with E-state index in [1.54, 1.807) is 4.68 Å². The molecule has 25 heavy (non-hydrogen) atoms. The Morgan fingerprint density at radius 3 is 2.56 bits per heavy atom. The fourth-order valence-corrected chi connectivity index (χ4v) is 4.15. The van der Waals surface area contributed by atoms with E-state index in [1.807, 2.05) is 30.3 Å². The van der Waals surface area contributed by atoms with Gasteiger partial charge in [-0.1, -0.05) is 50.7 Å². The zero-order valence-electron chi connectivity index (χ0n) is 15.5. The van der Waals surface area contributed by atoms with Crippen LogP contribution in [-0.4, -0.2) is 46.7 Å². The summed E-state index contributed by atoms with van der Waals surface area (Å²) >= 11 is 1.53. The predicted molar refractivity (Wildman–Crippen MR) is 103 cm³/mol. The average molecular weight is 379 g/mol. The monoisotopic (exact) mass is 378 g/mol. The summed E-state index contributed by atoms with van der Waals surface area (Å²) < 4.78 is 7.89. The van der Waals surface area contributed by atoms with Crippen LogP contribution < -0.4 is 0 Å². The van der Waals surface area contributed by atoms with E-state index in [9.17, 15) is 4.79 Å². The van der Waals surface area contributed by atoms with E-state index in [4.69, 9.17) is 4.43 Å². The summed E-state index contributed by atoms with van der Waals surface area (Å²) in [6.45, 7) is 10.8. The van der Waals surface area contributed by atoms with Crippen LogP contribution in [-0.2, 0) is 9.22 Å². The van der Waals surface area contributed by atoms with Gasteiger partial charge in [0.05, 0.1) is 5.69 Å². The summed E-state index contributed by atoms with van der Waals surface area (Å²) in [5.74, 6) is 0.714. The van der Waals surface area contributed by atoms with Crippen molar-refractivity contribution in [3.05, 3.63) is 30.3 Å². The molecule has 0 saturated heterocycles. The number of rotatable bonds is 8. The summed E-state index contributed by atoms with van der Waals surface area (Å²) in [6.07, 6.45) is 1.18. The molecule has 0 unspecified atom stereocenters. The number of nitrogens with zero attached hydrogens (tertiary/aromatic N) is 4. The van der Waals surface area contributed by atoms with Crippen molar-refractivity contribution < 1.29 is 9.22 Å². The molecule has 0 spiro atoms. The van der Waals surface area contributed by atoms with Crippen molar-refractivity contribution in [3.8, 4) is 5.69 Å². The molecule has 0 bridgehead atoms. The molecule has 2 aromatic rings. The number of aldehydes is 1.